The van der Waals surface area contributed by atoms with Crippen molar-refractivity contribution < 1.29 is 19.4 Å². The van der Waals surface area contributed by atoms with Crippen LogP contribution in [0.1, 0.15) is 31.1 Å². The second-order valence-electron chi connectivity index (χ2n) is 3.81. The van der Waals surface area contributed by atoms with Gasteiger partial charge in [-0.2, -0.15) is 0 Å². The fourth-order valence-electron chi connectivity index (χ4n) is 1.11. The van der Waals surface area contributed by atoms with Crippen LogP contribution in [0.5, 0.6) is 11.5 Å². The molecule has 16 heavy (non-hydrogen) atoms. The highest BCUT2D eigenvalue weighted by molar-refractivity contribution is 5.98. The standard InChI is InChI=1S/C12H14O4/c1-7(2)12(15)16-11-5-4-9(14)6-10(11)8(3)13/h4-7,14H,1-3H3. The van der Waals surface area contributed by atoms with Crippen molar-refractivity contribution in [1.29, 1.82) is 0 Å². The molecule has 1 rings (SSSR count). The van der Waals surface area contributed by atoms with E-state index in [9.17, 15) is 14.7 Å². The number of aromatic hydroxyl groups is 1. The number of phenols is 1. The number of carbonyl (C=O) groups is 2. The second-order valence-corrected chi connectivity index (χ2v) is 3.81. The molecule has 0 unspecified atom stereocenters. The van der Waals surface area contributed by atoms with E-state index in [1.54, 1.807) is 13.8 Å². The summed E-state index contributed by atoms with van der Waals surface area (Å²) in [7, 11) is 0. The van der Waals surface area contributed by atoms with Gasteiger partial charge in [-0.15, -0.1) is 0 Å². The molecule has 1 aromatic carbocycles. The summed E-state index contributed by atoms with van der Waals surface area (Å²) >= 11 is 0. The lowest BCUT2D eigenvalue weighted by atomic mass is 10.1. The zero-order valence-electron chi connectivity index (χ0n) is 9.48. The first-order valence-electron chi connectivity index (χ1n) is 4.97. The van der Waals surface area contributed by atoms with Gasteiger partial charge >= 0.3 is 5.97 Å². The van der Waals surface area contributed by atoms with E-state index in [1.807, 2.05) is 0 Å². The van der Waals surface area contributed by atoms with Crippen molar-refractivity contribution in [3.63, 3.8) is 0 Å². The topological polar surface area (TPSA) is 63.6 Å². The molecule has 0 fully saturated rings. The van der Waals surface area contributed by atoms with E-state index in [-0.39, 0.29) is 28.8 Å². The first kappa shape index (κ1) is 12.2. The number of hydrogen-bond acceptors (Lipinski definition) is 4. The average molecular weight is 222 g/mol. The Balaban J connectivity index is 3.04. The first-order chi connectivity index (χ1) is 7.41. The Hall–Kier alpha value is -1.84. The molecule has 0 heterocycles. The van der Waals surface area contributed by atoms with Crippen molar-refractivity contribution in [2.75, 3.05) is 0 Å². The molecule has 86 valence electrons. The summed E-state index contributed by atoms with van der Waals surface area (Å²) < 4.78 is 5.05. The Kier molecular flexibility index (Phi) is 3.66. The summed E-state index contributed by atoms with van der Waals surface area (Å²) in [4.78, 5) is 22.6. The normalized spacial score (nSPS) is 10.2. The molecule has 0 atom stereocenters. The molecule has 0 saturated carbocycles. The van der Waals surface area contributed by atoms with Crippen molar-refractivity contribution in [2.24, 2.45) is 5.92 Å². The van der Waals surface area contributed by atoms with E-state index in [0.717, 1.165) is 0 Å². The molecule has 4 heteroatoms. The average Bonchev–Trinajstić information content (AvgIpc) is 2.20. The number of ketones is 1. The minimum atomic E-state index is -0.409. The van der Waals surface area contributed by atoms with Crippen LogP contribution < -0.4 is 4.74 Å². The SMILES string of the molecule is CC(=O)c1cc(O)ccc1OC(=O)C(C)C. The molecule has 0 saturated heterocycles. The molecule has 0 spiro atoms. The van der Waals surface area contributed by atoms with Gasteiger partial charge in [0, 0.05) is 0 Å². The minimum Gasteiger partial charge on any atom is -0.508 e. The zero-order valence-corrected chi connectivity index (χ0v) is 9.48. The van der Waals surface area contributed by atoms with Crippen molar-refractivity contribution in [3.8, 4) is 11.5 Å². The lowest BCUT2D eigenvalue weighted by Gasteiger charge is -2.10. The van der Waals surface area contributed by atoms with Crippen LogP contribution in [-0.2, 0) is 4.79 Å². The minimum absolute atomic E-state index is 0.0328. The summed E-state index contributed by atoms with van der Waals surface area (Å²) in [6.07, 6.45) is 0. The molecule has 0 bridgehead atoms. The molecule has 0 amide bonds. The van der Waals surface area contributed by atoms with Gasteiger partial charge in [0.1, 0.15) is 11.5 Å². The number of carbonyl (C=O) groups excluding carboxylic acids is 2. The second kappa shape index (κ2) is 4.79. The molecular weight excluding hydrogens is 208 g/mol. The predicted molar refractivity (Wildman–Crippen MR) is 58.6 cm³/mol. The van der Waals surface area contributed by atoms with Crippen molar-refractivity contribution >= 4 is 11.8 Å². The Morgan fingerprint density at radius 3 is 2.44 bits per heavy atom. The number of phenolic OH excluding ortho intramolecular Hbond substituents is 1. The fraction of sp³-hybridized carbons (Fsp3) is 0.333. The van der Waals surface area contributed by atoms with Crippen LogP contribution in [0.3, 0.4) is 0 Å². The summed E-state index contributed by atoms with van der Waals surface area (Å²) in [5.74, 6) is -0.789. The van der Waals surface area contributed by atoms with E-state index < -0.39 is 5.97 Å². The molecule has 4 nitrogen and oxygen atoms in total. The van der Waals surface area contributed by atoms with Crippen LogP contribution in [0.25, 0.3) is 0 Å². The van der Waals surface area contributed by atoms with Crippen LogP contribution in [0.2, 0.25) is 0 Å². The van der Waals surface area contributed by atoms with Crippen LogP contribution in [0.4, 0.5) is 0 Å². The number of Topliss-reactive ketones (excluding diaryl/α,β-unsaturated/α-hetero) is 1. The third kappa shape index (κ3) is 2.82. The number of benzene rings is 1. The van der Waals surface area contributed by atoms with Crippen LogP contribution in [-0.4, -0.2) is 16.9 Å². The smallest absolute Gasteiger partial charge is 0.313 e. The van der Waals surface area contributed by atoms with Crippen molar-refractivity contribution in [3.05, 3.63) is 23.8 Å². The summed E-state index contributed by atoms with van der Waals surface area (Å²) in [5.41, 5.74) is 0.203. The first-order valence-corrected chi connectivity index (χ1v) is 4.97. The van der Waals surface area contributed by atoms with Gasteiger partial charge in [-0.05, 0) is 25.1 Å². The fourth-order valence-corrected chi connectivity index (χ4v) is 1.11. The summed E-state index contributed by atoms with van der Waals surface area (Å²) in [5, 5.41) is 9.24. The lowest BCUT2D eigenvalue weighted by Crippen LogP contribution is -2.16. The van der Waals surface area contributed by atoms with Gasteiger partial charge in [-0.25, -0.2) is 0 Å². The van der Waals surface area contributed by atoms with E-state index in [0.29, 0.717) is 0 Å². The van der Waals surface area contributed by atoms with Crippen molar-refractivity contribution in [1.82, 2.24) is 0 Å². The third-order valence-corrected chi connectivity index (χ3v) is 2.02. The quantitative estimate of drug-likeness (QED) is 0.483. The van der Waals surface area contributed by atoms with Gasteiger partial charge in [0.15, 0.2) is 5.78 Å². The lowest BCUT2D eigenvalue weighted by molar-refractivity contribution is -0.137. The Labute approximate surface area is 93.9 Å². The van der Waals surface area contributed by atoms with Gasteiger partial charge in [-0.3, -0.25) is 9.59 Å². The van der Waals surface area contributed by atoms with Gasteiger partial charge in [0.25, 0.3) is 0 Å². The number of esters is 1. The van der Waals surface area contributed by atoms with Gasteiger partial charge < -0.3 is 9.84 Å². The molecule has 0 aliphatic heterocycles. The number of rotatable bonds is 3. The Morgan fingerprint density at radius 1 is 1.31 bits per heavy atom. The van der Waals surface area contributed by atoms with E-state index in [2.05, 4.69) is 0 Å². The van der Waals surface area contributed by atoms with Crippen molar-refractivity contribution in [2.45, 2.75) is 20.8 Å². The molecule has 0 aliphatic rings. The highest BCUT2D eigenvalue weighted by Crippen LogP contribution is 2.24. The molecule has 1 aromatic rings. The third-order valence-electron chi connectivity index (χ3n) is 2.02. The molecular formula is C12H14O4. The number of ether oxygens (including phenoxy) is 1. The molecule has 0 aliphatic carbocycles. The summed E-state index contributed by atoms with van der Waals surface area (Å²) in [6, 6.07) is 4.06. The maximum Gasteiger partial charge on any atom is 0.313 e. The molecule has 0 radical (unpaired) electrons. The van der Waals surface area contributed by atoms with E-state index in [4.69, 9.17) is 4.74 Å². The van der Waals surface area contributed by atoms with Crippen LogP contribution in [0, 0.1) is 5.92 Å². The van der Waals surface area contributed by atoms with E-state index >= 15 is 0 Å². The maximum absolute atomic E-state index is 11.4. The maximum atomic E-state index is 11.4. The molecule has 1 N–H and O–H groups in total. The largest absolute Gasteiger partial charge is 0.508 e. The van der Waals surface area contributed by atoms with Gasteiger partial charge in [0.05, 0.1) is 11.5 Å². The monoisotopic (exact) mass is 222 g/mol. The van der Waals surface area contributed by atoms with Gasteiger partial charge in [-0.1, -0.05) is 13.8 Å². The predicted octanol–water partition coefficient (Wildman–Crippen LogP) is 2.16. The summed E-state index contributed by atoms with van der Waals surface area (Å²) in [6.45, 7) is 4.76. The molecule has 0 aromatic heterocycles. The highest BCUT2D eigenvalue weighted by atomic mass is 16.5. The Morgan fingerprint density at radius 2 is 1.94 bits per heavy atom. The Bertz CT molecular complexity index is 421. The highest BCUT2D eigenvalue weighted by Gasteiger charge is 2.15. The van der Waals surface area contributed by atoms with Crippen LogP contribution in [0.15, 0.2) is 18.2 Å². The van der Waals surface area contributed by atoms with Crippen LogP contribution >= 0.6 is 0 Å². The van der Waals surface area contributed by atoms with E-state index in [1.165, 1.54) is 25.1 Å². The van der Waals surface area contributed by atoms with Gasteiger partial charge in [0.2, 0.25) is 0 Å². The zero-order chi connectivity index (χ0) is 12.3. The number of hydrogen-bond donors (Lipinski definition) is 1.